The van der Waals surface area contributed by atoms with E-state index in [-0.39, 0.29) is 5.91 Å². The molecule has 1 aliphatic heterocycles. The molecule has 1 aromatic carbocycles. The highest BCUT2D eigenvalue weighted by Gasteiger charge is 2.26. The largest absolute Gasteiger partial charge is 0.336 e. The van der Waals surface area contributed by atoms with E-state index in [2.05, 4.69) is 20.0 Å². The van der Waals surface area contributed by atoms with Gasteiger partial charge in [0.2, 0.25) is 0 Å². The van der Waals surface area contributed by atoms with Crippen LogP contribution in [0.3, 0.4) is 0 Å². The molecular weight excluding hydrogens is 402 g/mol. The maximum atomic E-state index is 13.6. The average molecular weight is 428 g/mol. The van der Waals surface area contributed by atoms with E-state index in [1.807, 2.05) is 73.5 Å². The van der Waals surface area contributed by atoms with Crippen LogP contribution in [0.4, 0.5) is 0 Å². The number of aryl methyl sites for hydroxylation is 2. The number of aromatic nitrogens is 3. The third-order valence-corrected chi connectivity index (χ3v) is 5.97. The van der Waals surface area contributed by atoms with Gasteiger partial charge in [0.05, 0.1) is 28.0 Å². The number of carbonyl (C=O) groups is 1. The van der Waals surface area contributed by atoms with E-state index in [0.29, 0.717) is 41.1 Å². The molecular formula is C25H25N5O2. The van der Waals surface area contributed by atoms with Crippen LogP contribution < -0.4 is 0 Å². The third kappa shape index (κ3) is 3.99. The quantitative estimate of drug-likeness (QED) is 0.492. The molecule has 0 unspecified atom stereocenters. The van der Waals surface area contributed by atoms with E-state index in [9.17, 15) is 4.79 Å². The predicted octanol–water partition coefficient (Wildman–Crippen LogP) is 3.86. The molecule has 0 bridgehead atoms. The molecule has 1 saturated heterocycles. The second kappa shape index (κ2) is 8.51. The molecule has 4 aromatic rings. The number of rotatable bonds is 4. The smallest absolute Gasteiger partial charge is 0.259 e. The predicted molar refractivity (Wildman–Crippen MR) is 122 cm³/mol. The number of hydrogen-bond donors (Lipinski definition) is 0. The second-order valence-corrected chi connectivity index (χ2v) is 8.26. The molecule has 5 rings (SSSR count). The van der Waals surface area contributed by atoms with Gasteiger partial charge in [-0.15, -0.1) is 0 Å². The molecule has 162 valence electrons. The Morgan fingerprint density at radius 2 is 1.81 bits per heavy atom. The zero-order valence-corrected chi connectivity index (χ0v) is 18.3. The molecule has 0 atom stereocenters. The van der Waals surface area contributed by atoms with Crippen molar-refractivity contribution in [3.05, 3.63) is 77.2 Å². The molecule has 32 heavy (non-hydrogen) atoms. The summed E-state index contributed by atoms with van der Waals surface area (Å²) in [5, 5.41) is 4.76. The van der Waals surface area contributed by atoms with Crippen molar-refractivity contribution in [1.82, 2.24) is 24.9 Å². The van der Waals surface area contributed by atoms with Gasteiger partial charge in [0.25, 0.3) is 11.6 Å². The van der Waals surface area contributed by atoms with Crippen molar-refractivity contribution in [2.75, 3.05) is 26.2 Å². The van der Waals surface area contributed by atoms with Gasteiger partial charge in [0.15, 0.2) is 0 Å². The van der Waals surface area contributed by atoms with Crippen LogP contribution in [-0.2, 0) is 6.54 Å². The summed E-state index contributed by atoms with van der Waals surface area (Å²) in [5.74, 6) is -0.00505. The first-order valence-corrected chi connectivity index (χ1v) is 10.8. The van der Waals surface area contributed by atoms with Gasteiger partial charge in [0, 0.05) is 44.5 Å². The van der Waals surface area contributed by atoms with Gasteiger partial charge in [0.1, 0.15) is 0 Å². The minimum Gasteiger partial charge on any atom is -0.336 e. The molecule has 1 fully saturated rings. The number of benzene rings is 1. The van der Waals surface area contributed by atoms with Crippen molar-refractivity contribution in [2.24, 2.45) is 0 Å². The molecule has 7 nitrogen and oxygen atoms in total. The van der Waals surface area contributed by atoms with Crippen LogP contribution in [0.5, 0.6) is 0 Å². The zero-order valence-electron chi connectivity index (χ0n) is 18.3. The summed E-state index contributed by atoms with van der Waals surface area (Å²) in [7, 11) is 0. The van der Waals surface area contributed by atoms with Gasteiger partial charge >= 0.3 is 0 Å². The lowest BCUT2D eigenvalue weighted by atomic mass is 10.0. The first-order valence-electron chi connectivity index (χ1n) is 10.8. The summed E-state index contributed by atoms with van der Waals surface area (Å²) in [6.07, 6.45) is 1.82. The Labute approximate surface area is 186 Å². The van der Waals surface area contributed by atoms with Gasteiger partial charge in [-0.2, -0.15) is 0 Å². The topological polar surface area (TPSA) is 75.4 Å². The Hall–Kier alpha value is -3.58. The maximum Gasteiger partial charge on any atom is 0.259 e. The van der Waals surface area contributed by atoms with Crippen molar-refractivity contribution < 1.29 is 9.32 Å². The Morgan fingerprint density at radius 3 is 2.53 bits per heavy atom. The Bertz CT molecular complexity index is 1240. The van der Waals surface area contributed by atoms with Crippen molar-refractivity contribution in [3.8, 4) is 11.3 Å². The van der Waals surface area contributed by atoms with Gasteiger partial charge in [-0.05, 0) is 32.0 Å². The highest BCUT2D eigenvalue weighted by atomic mass is 16.5. The van der Waals surface area contributed by atoms with E-state index in [1.165, 1.54) is 5.56 Å². The molecule has 0 saturated carbocycles. The van der Waals surface area contributed by atoms with Crippen molar-refractivity contribution in [2.45, 2.75) is 20.4 Å². The molecule has 0 N–H and O–H groups in total. The number of piperazine rings is 1. The first-order chi connectivity index (χ1) is 15.6. The van der Waals surface area contributed by atoms with Crippen LogP contribution in [0.2, 0.25) is 0 Å². The summed E-state index contributed by atoms with van der Waals surface area (Å²) in [6.45, 7) is 7.64. The monoisotopic (exact) mass is 427 g/mol. The highest BCUT2D eigenvalue weighted by molar-refractivity contribution is 6.07. The Kier molecular flexibility index (Phi) is 5.41. The fraction of sp³-hybridized carbons (Fsp3) is 0.280. The van der Waals surface area contributed by atoms with Crippen LogP contribution in [-0.4, -0.2) is 57.0 Å². The summed E-state index contributed by atoms with van der Waals surface area (Å²) < 4.78 is 5.45. The lowest BCUT2D eigenvalue weighted by molar-refractivity contribution is 0.0629. The van der Waals surface area contributed by atoms with Crippen LogP contribution >= 0.6 is 0 Å². The summed E-state index contributed by atoms with van der Waals surface area (Å²) in [6, 6.07) is 15.9. The van der Waals surface area contributed by atoms with E-state index < -0.39 is 0 Å². The number of hydrogen-bond acceptors (Lipinski definition) is 6. The maximum absolute atomic E-state index is 13.6. The molecule has 0 spiro atoms. The lowest BCUT2D eigenvalue weighted by Crippen LogP contribution is -2.48. The number of fused-ring (bicyclic) bond motifs is 1. The minimum atomic E-state index is -0.00505. The summed E-state index contributed by atoms with van der Waals surface area (Å²) >= 11 is 0. The standard InChI is InChI=1S/C25H25N5O2/c1-17-6-8-19(9-7-17)22-15-21(23-18(2)28-32-24(23)27-22)25(31)30-13-11-29(12-14-30)16-20-5-3-4-10-26-20/h3-10,15H,11-14,16H2,1-2H3. The van der Waals surface area contributed by atoms with Crippen LogP contribution in [0, 0.1) is 13.8 Å². The molecule has 1 aliphatic rings. The van der Waals surface area contributed by atoms with Gasteiger partial charge in [-0.3, -0.25) is 14.7 Å². The highest BCUT2D eigenvalue weighted by Crippen LogP contribution is 2.28. The Balaban J connectivity index is 1.39. The van der Waals surface area contributed by atoms with Crippen molar-refractivity contribution >= 4 is 17.0 Å². The number of amides is 1. The normalized spacial score (nSPS) is 14.8. The van der Waals surface area contributed by atoms with Gasteiger partial charge in [-0.25, -0.2) is 4.98 Å². The molecule has 0 aliphatic carbocycles. The second-order valence-electron chi connectivity index (χ2n) is 8.26. The van der Waals surface area contributed by atoms with E-state index in [1.54, 1.807) is 0 Å². The number of pyridine rings is 2. The molecule has 3 aromatic heterocycles. The minimum absolute atomic E-state index is 0.00505. The van der Waals surface area contributed by atoms with E-state index in [0.717, 1.165) is 30.9 Å². The average Bonchev–Trinajstić information content (AvgIpc) is 3.20. The molecule has 1 amide bonds. The SMILES string of the molecule is Cc1ccc(-c2cc(C(=O)N3CCN(Cc4ccccn4)CC3)c3c(C)noc3n2)cc1. The lowest BCUT2D eigenvalue weighted by Gasteiger charge is -2.34. The van der Waals surface area contributed by atoms with Crippen LogP contribution in [0.1, 0.15) is 27.3 Å². The fourth-order valence-corrected chi connectivity index (χ4v) is 4.14. The number of carbonyl (C=O) groups excluding carboxylic acids is 1. The van der Waals surface area contributed by atoms with Crippen LogP contribution in [0.15, 0.2) is 59.3 Å². The van der Waals surface area contributed by atoms with Crippen LogP contribution in [0.25, 0.3) is 22.4 Å². The summed E-state index contributed by atoms with van der Waals surface area (Å²) in [5.41, 5.74) is 5.56. The fourth-order valence-electron chi connectivity index (χ4n) is 4.14. The number of nitrogens with zero attached hydrogens (tertiary/aromatic N) is 5. The first kappa shape index (κ1) is 20.3. The molecule has 0 radical (unpaired) electrons. The third-order valence-electron chi connectivity index (χ3n) is 5.97. The zero-order chi connectivity index (χ0) is 22.1. The summed E-state index contributed by atoms with van der Waals surface area (Å²) in [4.78, 5) is 26.8. The Morgan fingerprint density at radius 1 is 1.03 bits per heavy atom. The molecule has 4 heterocycles. The van der Waals surface area contributed by atoms with Crippen molar-refractivity contribution in [1.29, 1.82) is 0 Å². The van der Waals surface area contributed by atoms with E-state index >= 15 is 0 Å². The van der Waals surface area contributed by atoms with Crippen molar-refractivity contribution in [3.63, 3.8) is 0 Å². The molecule has 7 heteroatoms. The van der Waals surface area contributed by atoms with Gasteiger partial charge < -0.3 is 9.42 Å². The van der Waals surface area contributed by atoms with Gasteiger partial charge in [-0.1, -0.05) is 41.1 Å². The van der Waals surface area contributed by atoms with E-state index in [4.69, 9.17) is 4.52 Å².